The molecule has 0 radical (unpaired) electrons. The van der Waals surface area contributed by atoms with Gasteiger partial charge in [-0.05, 0) is 91.5 Å². The predicted octanol–water partition coefficient (Wildman–Crippen LogP) is -1.31. The zero-order valence-electron chi connectivity index (χ0n) is 42.5. The average Bonchev–Trinajstić information content (AvgIpc) is 3.73. The van der Waals surface area contributed by atoms with E-state index >= 15 is 9.59 Å². The quantitative estimate of drug-likeness (QED) is 0.0407. The van der Waals surface area contributed by atoms with Crippen LogP contribution in [0.15, 0.2) is 72.1 Å². The van der Waals surface area contributed by atoms with E-state index in [0.717, 1.165) is 5.57 Å². The normalized spacial score (nSPS) is 30.3. The van der Waals surface area contributed by atoms with Crippen molar-refractivity contribution in [1.82, 2.24) is 32.1 Å². The van der Waals surface area contributed by atoms with E-state index in [0.29, 0.717) is 67.7 Å². The number of aldehydes is 1. The van der Waals surface area contributed by atoms with Crippen LogP contribution >= 0.6 is 0 Å². The van der Waals surface area contributed by atoms with Crippen LogP contribution in [-0.4, -0.2) is 168 Å². The molecule has 1 amide bonds. The van der Waals surface area contributed by atoms with E-state index in [9.17, 15) is 40.2 Å². The summed E-state index contributed by atoms with van der Waals surface area (Å²) in [6, 6.07) is 12.8. The zero-order chi connectivity index (χ0) is 54.1. The lowest BCUT2D eigenvalue weighted by Gasteiger charge is -2.44. The number of ether oxygens (including phenoxy) is 5. The van der Waals surface area contributed by atoms with Crippen molar-refractivity contribution >= 4 is 29.4 Å². The van der Waals surface area contributed by atoms with Crippen LogP contribution in [0.5, 0.6) is 11.5 Å². The lowest BCUT2D eigenvalue weighted by atomic mass is 9.70. The van der Waals surface area contributed by atoms with Crippen LogP contribution in [0.25, 0.3) is 0 Å². The summed E-state index contributed by atoms with van der Waals surface area (Å²) in [5.41, 5.74) is 14.8. The summed E-state index contributed by atoms with van der Waals surface area (Å²) in [4.78, 5) is 57.5. The fraction of sp³-hybridized carbons (Fsp3) is 0.519. The summed E-state index contributed by atoms with van der Waals surface area (Å²) in [7, 11) is 0. The fourth-order valence-corrected chi connectivity index (χ4v) is 11.8. The number of carbonyl (C=O) groups is 4. The maximum absolute atomic E-state index is 15.2. The third-order valence-corrected chi connectivity index (χ3v) is 15.6. The van der Waals surface area contributed by atoms with Crippen molar-refractivity contribution in [2.24, 2.45) is 17.6 Å². The first-order chi connectivity index (χ1) is 37.3. The second-order valence-corrected chi connectivity index (χ2v) is 20.7. The summed E-state index contributed by atoms with van der Waals surface area (Å²) >= 11 is 0. The van der Waals surface area contributed by atoms with E-state index in [1.54, 1.807) is 19.1 Å². The summed E-state index contributed by atoms with van der Waals surface area (Å²) in [5.74, 6) is -3.09. The Morgan fingerprint density at radius 1 is 1.00 bits per heavy atom. The number of nitrogens with two attached hydrogens (primary N) is 1. The molecule has 414 valence electrons. The molecule has 0 spiro atoms. The molecular formula is C54H68N8O15. The lowest BCUT2D eigenvalue weighted by Crippen LogP contribution is -2.70. The Morgan fingerprint density at radius 2 is 1.83 bits per heavy atom. The Bertz CT molecular complexity index is 2760. The van der Waals surface area contributed by atoms with Gasteiger partial charge in [-0.1, -0.05) is 30.3 Å². The molecule has 23 heteroatoms. The van der Waals surface area contributed by atoms with Gasteiger partial charge in [0.25, 0.3) is 0 Å². The highest BCUT2D eigenvalue weighted by molar-refractivity contribution is 6.29. The molecule has 4 saturated heterocycles. The largest absolute Gasteiger partial charge is 0.486 e. The molecule has 4 fully saturated rings. The van der Waals surface area contributed by atoms with Gasteiger partial charge in [0.05, 0.1) is 50.4 Å². The molecule has 14 atom stereocenters. The van der Waals surface area contributed by atoms with Crippen molar-refractivity contribution in [3.8, 4) is 11.5 Å². The molecule has 6 aliphatic heterocycles. The van der Waals surface area contributed by atoms with Gasteiger partial charge in [0.2, 0.25) is 12.2 Å². The number of hydrogen-bond donors (Lipinski definition) is 13. The summed E-state index contributed by atoms with van der Waals surface area (Å²) in [6.45, 7) is 1.38. The van der Waals surface area contributed by atoms with Gasteiger partial charge in [0.1, 0.15) is 61.6 Å². The Kier molecular flexibility index (Phi) is 16.7. The van der Waals surface area contributed by atoms with Gasteiger partial charge in [-0.3, -0.25) is 30.8 Å². The maximum Gasteiger partial charge on any atom is 0.242 e. The minimum atomic E-state index is -1.65. The van der Waals surface area contributed by atoms with E-state index in [1.165, 1.54) is 12.1 Å². The number of anilines is 1. The number of dihydropyridines is 1. The number of nitrogens with zero attached hydrogens (tertiary/aromatic N) is 1. The first kappa shape index (κ1) is 54.5. The minimum Gasteiger partial charge on any atom is -0.486 e. The molecule has 0 aromatic heterocycles. The van der Waals surface area contributed by atoms with Crippen LogP contribution in [-0.2, 0) is 30.4 Å². The first-order valence-corrected chi connectivity index (χ1v) is 26.3. The number of rotatable bonds is 18. The average molecular weight is 1070 g/mol. The number of amides is 1. The Balaban J connectivity index is 1.17. The monoisotopic (exact) mass is 1070 g/mol. The second kappa shape index (κ2) is 23.6. The molecule has 3 aromatic rings. The Hall–Kier alpha value is -5.90. The molecule has 4 bridgehead atoms. The lowest BCUT2D eigenvalue weighted by molar-refractivity contribution is -0.300. The topological polar surface area (TPSA) is 337 Å². The van der Waals surface area contributed by atoms with E-state index in [2.05, 4.69) is 32.1 Å². The highest BCUT2D eigenvalue weighted by Crippen LogP contribution is 2.54. The van der Waals surface area contributed by atoms with Crippen molar-refractivity contribution in [1.29, 1.82) is 0 Å². The number of nitrogens with one attached hydrogen (secondary N) is 6. The van der Waals surface area contributed by atoms with Crippen molar-refractivity contribution in [2.45, 2.75) is 119 Å². The number of aliphatic hydroxyl groups is 6. The van der Waals surface area contributed by atoms with Crippen LogP contribution in [0.3, 0.4) is 0 Å². The number of hydrogen-bond acceptors (Lipinski definition) is 22. The predicted molar refractivity (Wildman–Crippen MR) is 274 cm³/mol. The molecule has 0 saturated carbocycles. The van der Waals surface area contributed by atoms with E-state index in [1.807, 2.05) is 41.3 Å². The molecule has 1 aliphatic carbocycles. The van der Waals surface area contributed by atoms with Crippen molar-refractivity contribution in [3.05, 3.63) is 111 Å². The van der Waals surface area contributed by atoms with Gasteiger partial charge in [0.15, 0.2) is 23.1 Å². The number of benzene rings is 3. The minimum absolute atomic E-state index is 0.00920. The van der Waals surface area contributed by atoms with Crippen LogP contribution < -0.4 is 52.2 Å². The molecular weight excluding hydrogens is 1000 g/mol. The summed E-state index contributed by atoms with van der Waals surface area (Å²) in [5, 5.41) is 78.7. The summed E-state index contributed by atoms with van der Waals surface area (Å²) in [6.07, 6.45) is -6.39. The standard InChI is InChI=1S/C54H68N8O15/c1-26(66)21-58-61-39-19-27(10-14-56-39)13-17-73-50-46(71)45(70)48-38-9-7-29(11-15-63)36(24-74-38)40(32-4-2-3-5-37(32)62-25-57-42-51(62)59-54(55)60-52(42)72)35-20-34-41(44(69)33-18-28(22-65)6-8-31(33)43(34)68)49(47(35)76-53(50)77-48)75-23-30(67)12-16-64/h2-6,8,10,16,18-20,26,29-30,36,38,40,42,45-46,48,50-51,53-54,56-59,61,63,65-67,70-71H,7,9,11-15,17,21-25,55H2,1H3,(H,60,72). The van der Waals surface area contributed by atoms with Gasteiger partial charge in [-0.15, -0.1) is 0 Å². The SMILES string of the molecule is CC(O)CNNC1=CC(CCOC2C3Oc4c(cc5c(c4OCC(O)CC=O)C(=O)c4cc(CO)ccc4C5=O)C(c4ccccc4N4CNC5C(=O)NC(N)NC54)C4COC(CCC4CCO)C(O3)C(O)C2O)=CCN1. The van der Waals surface area contributed by atoms with E-state index in [-0.39, 0.29) is 84.1 Å². The van der Waals surface area contributed by atoms with Gasteiger partial charge in [0, 0.05) is 60.0 Å². The number of aliphatic hydroxyl groups excluding tert-OH is 6. The van der Waals surface area contributed by atoms with Gasteiger partial charge >= 0.3 is 0 Å². The molecule has 77 heavy (non-hydrogen) atoms. The molecule has 7 aliphatic rings. The molecule has 3 aromatic carbocycles. The Labute approximate surface area is 444 Å². The highest BCUT2D eigenvalue weighted by Gasteiger charge is 2.53. The number of ketones is 2. The molecule has 14 N–H and O–H groups in total. The number of para-hydroxylation sites is 1. The molecule has 6 heterocycles. The van der Waals surface area contributed by atoms with Gasteiger partial charge < -0.3 is 80.1 Å². The number of fused-ring (bicyclic) bond motifs is 10. The highest BCUT2D eigenvalue weighted by atomic mass is 16.7. The van der Waals surface area contributed by atoms with Crippen molar-refractivity contribution < 1.29 is 73.5 Å². The number of hydrazine groups is 1. The van der Waals surface area contributed by atoms with Crippen LogP contribution in [0.1, 0.15) is 93.5 Å². The molecule has 23 nitrogen and oxygen atoms in total. The van der Waals surface area contributed by atoms with Crippen molar-refractivity contribution in [3.63, 3.8) is 0 Å². The third kappa shape index (κ3) is 11.0. The fourth-order valence-electron chi connectivity index (χ4n) is 11.8. The van der Waals surface area contributed by atoms with Crippen LogP contribution in [0, 0.1) is 11.8 Å². The van der Waals surface area contributed by atoms with Gasteiger partial charge in [-0.25, -0.2) is 5.43 Å². The Morgan fingerprint density at radius 3 is 2.62 bits per heavy atom. The molecule has 14 unspecified atom stereocenters. The smallest absolute Gasteiger partial charge is 0.242 e. The third-order valence-electron chi connectivity index (χ3n) is 15.6. The van der Waals surface area contributed by atoms with Crippen molar-refractivity contribution in [2.75, 3.05) is 51.1 Å². The van der Waals surface area contributed by atoms with Gasteiger partial charge in [-0.2, -0.15) is 0 Å². The number of allylic oxidation sites excluding steroid dienone is 1. The second-order valence-electron chi connectivity index (χ2n) is 20.7. The maximum atomic E-state index is 15.2. The first-order valence-electron chi connectivity index (χ1n) is 26.3. The molecule has 10 rings (SSSR count). The van der Waals surface area contributed by atoms with E-state index < -0.39 is 104 Å². The zero-order valence-corrected chi connectivity index (χ0v) is 42.5. The van der Waals surface area contributed by atoms with E-state index in [4.69, 9.17) is 29.4 Å². The van der Waals surface area contributed by atoms with Crippen LogP contribution in [0.4, 0.5) is 5.69 Å². The summed E-state index contributed by atoms with van der Waals surface area (Å²) < 4.78 is 33.9. The van der Waals surface area contributed by atoms with Crippen LogP contribution in [0.2, 0.25) is 0 Å². The number of carbonyl (C=O) groups excluding carboxylic acids is 4.